The second-order valence-electron chi connectivity index (χ2n) is 5.73. The van der Waals surface area contributed by atoms with Crippen molar-refractivity contribution in [1.82, 2.24) is 4.90 Å². The van der Waals surface area contributed by atoms with Crippen LogP contribution in [0.2, 0.25) is 0 Å². The van der Waals surface area contributed by atoms with Crippen LogP contribution in [-0.2, 0) is 17.8 Å². The molecule has 0 saturated carbocycles. The van der Waals surface area contributed by atoms with Gasteiger partial charge >= 0.3 is 0 Å². The van der Waals surface area contributed by atoms with Gasteiger partial charge in [-0.25, -0.2) is 4.39 Å². The van der Waals surface area contributed by atoms with Crippen molar-refractivity contribution in [2.24, 2.45) is 0 Å². The number of carbonyl (C=O) groups is 1. The summed E-state index contributed by atoms with van der Waals surface area (Å²) in [6.07, 6.45) is 0.961. The van der Waals surface area contributed by atoms with Crippen LogP contribution >= 0.6 is 0 Å². The first-order valence-electron chi connectivity index (χ1n) is 7.64. The Morgan fingerprint density at radius 3 is 2.36 bits per heavy atom. The highest BCUT2D eigenvalue weighted by Crippen LogP contribution is 2.12. The lowest BCUT2D eigenvalue weighted by Crippen LogP contribution is -2.36. The van der Waals surface area contributed by atoms with Crippen LogP contribution in [-0.4, -0.2) is 16.8 Å². The van der Waals surface area contributed by atoms with E-state index in [-0.39, 0.29) is 17.8 Å². The zero-order valence-electron chi connectivity index (χ0n) is 13.1. The molecule has 0 atom stereocenters. The normalized spacial score (nSPS) is 10.7. The van der Waals surface area contributed by atoms with E-state index in [0.717, 1.165) is 11.1 Å². The number of halogens is 1. The van der Waals surface area contributed by atoms with Crippen molar-refractivity contribution in [2.75, 3.05) is 0 Å². The van der Waals surface area contributed by atoms with Gasteiger partial charge in [-0.1, -0.05) is 42.5 Å². The Balaban J connectivity index is 1.98. The molecule has 0 bridgehead atoms. The molecular weight excluding hydrogens is 277 g/mol. The van der Waals surface area contributed by atoms with Gasteiger partial charge in [-0.15, -0.1) is 0 Å². The molecule has 0 N–H and O–H groups in total. The van der Waals surface area contributed by atoms with Crippen molar-refractivity contribution in [2.45, 2.75) is 39.3 Å². The SMILES string of the molecule is CC(C)N(Cc1ccccc1)C(=O)CCc1cccc(F)c1. The minimum atomic E-state index is -0.255. The summed E-state index contributed by atoms with van der Waals surface area (Å²) in [4.78, 5) is 14.3. The van der Waals surface area contributed by atoms with Crippen molar-refractivity contribution >= 4 is 5.91 Å². The summed E-state index contributed by atoms with van der Waals surface area (Å²) in [6.45, 7) is 4.65. The fraction of sp³-hybridized carbons (Fsp3) is 0.316. The van der Waals surface area contributed by atoms with E-state index in [0.29, 0.717) is 19.4 Å². The number of carbonyl (C=O) groups excluding carboxylic acids is 1. The van der Waals surface area contributed by atoms with Crippen LogP contribution in [0.25, 0.3) is 0 Å². The van der Waals surface area contributed by atoms with E-state index in [1.807, 2.05) is 55.1 Å². The number of hydrogen-bond donors (Lipinski definition) is 0. The molecule has 22 heavy (non-hydrogen) atoms. The summed E-state index contributed by atoms with van der Waals surface area (Å²) >= 11 is 0. The minimum absolute atomic E-state index is 0.100. The molecule has 116 valence electrons. The minimum Gasteiger partial charge on any atom is -0.336 e. The van der Waals surface area contributed by atoms with Crippen molar-refractivity contribution < 1.29 is 9.18 Å². The van der Waals surface area contributed by atoms with Gasteiger partial charge in [0.15, 0.2) is 0 Å². The number of benzene rings is 2. The predicted molar refractivity (Wildman–Crippen MR) is 86.8 cm³/mol. The molecule has 0 aliphatic carbocycles. The quantitative estimate of drug-likeness (QED) is 0.783. The summed E-state index contributed by atoms with van der Waals surface area (Å²) in [5, 5.41) is 0. The number of hydrogen-bond acceptors (Lipinski definition) is 1. The van der Waals surface area contributed by atoms with Crippen molar-refractivity contribution in [1.29, 1.82) is 0 Å². The second-order valence-corrected chi connectivity index (χ2v) is 5.73. The Morgan fingerprint density at radius 2 is 1.73 bits per heavy atom. The van der Waals surface area contributed by atoms with Crippen molar-refractivity contribution in [3.05, 3.63) is 71.5 Å². The maximum Gasteiger partial charge on any atom is 0.223 e. The van der Waals surface area contributed by atoms with Crippen molar-refractivity contribution in [3.63, 3.8) is 0 Å². The number of nitrogens with zero attached hydrogens (tertiary/aromatic N) is 1. The molecule has 0 radical (unpaired) electrons. The lowest BCUT2D eigenvalue weighted by atomic mass is 10.1. The molecule has 0 spiro atoms. The molecule has 2 nitrogen and oxygen atoms in total. The van der Waals surface area contributed by atoms with Crippen LogP contribution < -0.4 is 0 Å². The molecule has 0 unspecified atom stereocenters. The van der Waals surface area contributed by atoms with Gasteiger partial charge in [0.25, 0.3) is 0 Å². The molecule has 2 aromatic rings. The number of amides is 1. The van der Waals surface area contributed by atoms with Gasteiger partial charge in [0, 0.05) is 19.0 Å². The molecular formula is C19H22FNO. The van der Waals surface area contributed by atoms with E-state index in [2.05, 4.69) is 0 Å². The first-order valence-corrected chi connectivity index (χ1v) is 7.64. The van der Waals surface area contributed by atoms with Gasteiger partial charge in [0.1, 0.15) is 5.82 Å². The van der Waals surface area contributed by atoms with Gasteiger partial charge in [-0.2, -0.15) is 0 Å². The van der Waals surface area contributed by atoms with E-state index in [9.17, 15) is 9.18 Å². The Hall–Kier alpha value is -2.16. The van der Waals surface area contributed by atoms with Crippen molar-refractivity contribution in [3.8, 4) is 0 Å². The average Bonchev–Trinajstić information content (AvgIpc) is 2.51. The summed E-state index contributed by atoms with van der Waals surface area (Å²) in [5.74, 6) is -0.155. The highest BCUT2D eigenvalue weighted by Gasteiger charge is 2.17. The molecule has 2 aromatic carbocycles. The Labute approximate surface area is 131 Å². The fourth-order valence-electron chi connectivity index (χ4n) is 2.43. The first kappa shape index (κ1) is 16.2. The van der Waals surface area contributed by atoms with Gasteiger partial charge in [0.05, 0.1) is 0 Å². The van der Waals surface area contributed by atoms with Crippen LogP contribution in [0.3, 0.4) is 0 Å². The molecule has 0 heterocycles. The Kier molecular flexibility index (Phi) is 5.70. The molecule has 1 amide bonds. The molecule has 2 rings (SSSR count). The molecule has 0 aliphatic rings. The predicted octanol–water partition coefficient (Wildman–Crippen LogP) is 4.20. The van der Waals surface area contributed by atoms with E-state index < -0.39 is 0 Å². The zero-order valence-corrected chi connectivity index (χ0v) is 13.1. The van der Waals surface area contributed by atoms with E-state index >= 15 is 0 Å². The molecule has 0 aromatic heterocycles. The third-order valence-electron chi connectivity index (χ3n) is 3.66. The van der Waals surface area contributed by atoms with Gasteiger partial charge in [0.2, 0.25) is 5.91 Å². The van der Waals surface area contributed by atoms with Crippen LogP contribution in [0.15, 0.2) is 54.6 Å². The molecule has 0 aliphatic heterocycles. The summed E-state index contributed by atoms with van der Waals surface area (Å²) in [5.41, 5.74) is 1.98. The monoisotopic (exact) mass is 299 g/mol. The van der Waals surface area contributed by atoms with Crippen LogP contribution in [0.1, 0.15) is 31.4 Å². The van der Waals surface area contributed by atoms with E-state index in [1.165, 1.54) is 12.1 Å². The number of aryl methyl sites for hydroxylation is 1. The van der Waals surface area contributed by atoms with Crippen LogP contribution in [0.4, 0.5) is 4.39 Å². The Morgan fingerprint density at radius 1 is 1.05 bits per heavy atom. The highest BCUT2D eigenvalue weighted by molar-refractivity contribution is 5.76. The third kappa shape index (κ3) is 4.69. The summed E-state index contributed by atoms with van der Waals surface area (Å²) in [6, 6.07) is 16.5. The van der Waals surface area contributed by atoms with Gasteiger partial charge < -0.3 is 4.90 Å². The molecule has 0 saturated heterocycles. The maximum atomic E-state index is 13.2. The zero-order chi connectivity index (χ0) is 15.9. The topological polar surface area (TPSA) is 20.3 Å². The standard InChI is InChI=1S/C19H22FNO/c1-15(2)21(14-17-7-4-3-5-8-17)19(22)12-11-16-9-6-10-18(20)13-16/h3-10,13,15H,11-12,14H2,1-2H3. The van der Waals surface area contributed by atoms with Crippen LogP contribution in [0, 0.1) is 5.82 Å². The lowest BCUT2D eigenvalue weighted by Gasteiger charge is -2.27. The second kappa shape index (κ2) is 7.74. The van der Waals surface area contributed by atoms with Gasteiger partial charge in [-0.05, 0) is 43.5 Å². The van der Waals surface area contributed by atoms with Gasteiger partial charge in [-0.3, -0.25) is 4.79 Å². The van der Waals surface area contributed by atoms with E-state index in [1.54, 1.807) is 6.07 Å². The fourth-order valence-corrected chi connectivity index (χ4v) is 2.43. The third-order valence-corrected chi connectivity index (χ3v) is 3.66. The smallest absolute Gasteiger partial charge is 0.223 e. The Bertz CT molecular complexity index is 610. The molecule has 3 heteroatoms. The summed E-state index contributed by atoms with van der Waals surface area (Å²) < 4.78 is 13.2. The number of rotatable bonds is 6. The largest absolute Gasteiger partial charge is 0.336 e. The highest BCUT2D eigenvalue weighted by atomic mass is 19.1. The molecule has 0 fully saturated rings. The van der Waals surface area contributed by atoms with Crippen LogP contribution in [0.5, 0.6) is 0 Å². The average molecular weight is 299 g/mol. The lowest BCUT2D eigenvalue weighted by molar-refractivity contribution is -0.133. The maximum absolute atomic E-state index is 13.2. The van der Waals surface area contributed by atoms with E-state index in [4.69, 9.17) is 0 Å². The summed E-state index contributed by atoms with van der Waals surface area (Å²) in [7, 11) is 0. The first-order chi connectivity index (χ1) is 10.6.